The molecule has 1 aliphatic rings. The summed E-state index contributed by atoms with van der Waals surface area (Å²) in [5.74, 6) is 0.628. The highest BCUT2D eigenvalue weighted by molar-refractivity contribution is 5.93. The Morgan fingerprint density at radius 3 is 2.18 bits per heavy atom. The van der Waals surface area contributed by atoms with Crippen LogP contribution in [0.3, 0.4) is 0 Å². The topological polar surface area (TPSA) is 109 Å². The lowest BCUT2D eigenvalue weighted by atomic mass is 9.91. The maximum atomic E-state index is 14.4. The van der Waals surface area contributed by atoms with Crippen LogP contribution in [0.4, 0.5) is 4.79 Å². The van der Waals surface area contributed by atoms with Gasteiger partial charge in [-0.1, -0.05) is 54.6 Å². The molecule has 1 heterocycles. The minimum atomic E-state index is -1.09. The van der Waals surface area contributed by atoms with Crippen molar-refractivity contribution >= 4 is 17.9 Å². The number of carbonyl (C=O) groups is 3. The van der Waals surface area contributed by atoms with Crippen LogP contribution in [0.2, 0.25) is 0 Å². The molecule has 1 aliphatic heterocycles. The van der Waals surface area contributed by atoms with Gasteiger partial charge in [-0.15, -0.1) is 0 Å². The monoisotopic (exact) mass is 672 g/mol. The molecular weight excluding hydrogens is 620 g/mol. The molecule has 0 radical (unpaired) electrons. The lowest BCUT2D eigenvalue weighted by Crippen LogP contribution is -2.56. The second-order valence-corrected chi connectivity index (χ2v) is 13.9. The molecule has 0 fully saturated rings. The van der Waals surface area contributed by atoms with E-state index in [4.69, 9.17) is 14.2 Å². The molecule has 3 aromatic carbocycles. The molecule has 4 rings (SSSR count). The number of benzene rings is 3. The summed E-state index contributed by atoms with van der Waals surface area (Å²) in [6, 6.07) is 23.3. The first-order valence-electron chi connectivity index (χ1n) is 17.1. The van der Waals surface area contributed by atoms with Crippen molar-refractivity contribution in [1.82, 2.24) is 20.4 Å². The Morgan fingerprint density at radius 1 is 0.898 bits per heavy atom. The fourth-order valence-electron chi connectivity index (χ4n) is 6.02. The van der Waals surface area contributed by atoms with Gasteiger partial charge in [-0.2, -0.15) is 0 Å². The largest absolute Gasteiger partial charge is 0.457 e. The van der Waals surface area contributed by atoms with Gasteiger partial charge in [-0.25, -0.2) is 4.79 Å². The molecule has 10 nitrogen and oxygen atoms in total. The van der Waals surface area contributed by atoms with Crippen molar-refractivity contribution in [2.24, 2.45) is 0 Å². The van der Waals surface area contributed by atoms with Crippen LogP contribution in [0.25, 0.3) is 0 Å². The number of para-hydroxylation sites is 1. The fourth-order valence-corrected chi connectivity index (χ4v) is 6.02. The number of fused-ring (bicyclic) bond motifs is 1. The number of nitrogens with zero attached hydrogens (tertiary/aromatic N) is 2. The third-order valence-corrected chi connectivity index (χ3v) is 8.23. The highest BCUT2D eigenvalue weighted by atomic mass is 16.6. The summed E-state index contributed by atoms with van der Waals surface area (Å²) in [6.45, 7) is 15.3. The molecule has 0 spiro atoms. The van der Waals surface area contributed by atoms with Crippen molar-refractivity contribution < 1.29 is 28.6 Å². The molecule has 3 amide bonds. The van der Waals surface area contributed by atoms with Crippen LogP contribution in [0.15, 0.2) is 78.9 Å². The van der Waals surface area contributed by atoms with E-state index in [0.29, 0.717) is 48.7 Å². The summed E-state index contributed by atoms with van der Waals surface area (Å²) in [7, 11) is 0. The van der Waals surface area contributed by atoms with Gasteiger partial charge in [-0.05, 0) is 95.8 Å². The van der Waals surface area contributed by atoms with E-state index in [1.165, 1.54) is 0 Å². The van der Waals surface area contributed by atoms with E-state index < -0.39 is 29.7 Å². The van der Waals surface area contributed by atoms with Gasteiger partial charge in [0.25, 0.3) is 0 Å². The Morgan fingerprint density at radius 2 is 1.55 bits per heavy atom. The second-order valence-electron chi connectivity index (χ2n) is 13.9. The van der Waals surface area contributed by atoms with E-state index in [1.54, 1.807) is 25.7 Å². The summed E-state index contributed by atoms with van der Waals surface area (Å²) in [6.07, 6.45) is -0.243. The van der Waals surface area contributed by atoms with Gasteiger partial charge in [-0.3, -0.25) is 14.5 Å². The fraction of sp³-hybridized carbons (Fsp3) is 0.462. The molecular formula is C39H52N4O6. The number of nitrogens with one attached hydrogen (secondary N) is 2. The zero-order valence-electron chi connectivity index (χ0n) is 29.9. The lowest BCUT2D eigenvalue weighted by molar-refractivity contribution is -0.144. The van der Waals surface area contributed by atoms with Crippen LogP contribution in [0, 0.1) is 0 Å². The van der Waals surface area contributed by atoms with Crippen molar-refractivity contribution in [3.05, 3.63) is 95.6 Å². The molecule has 10 heteroatoms. The molecule has 0 bridgehead atoms. The number of amides is 3. The number of alkyl carbamates (subject to hydrolysis) is 1. The predicted octanol–water partition coefficient (Wildman–Crippen LogP) is 6.25. The van der Waals surface area contributed by atoms with E-state index in [9.17, 15) is 14.4 Å². The second kappa shape index (κ2) is 17.3. The quantitative estimate of drug-likeness (QED) is 0.208. The number of rotatable bonds is 14. The van der Waals surface area contributed by atoms with E-state index >= 15 is 0 Å². The summed E-state index contributed by atoms with van der Waals surface area (Å²) < 4.78 is 17.5. The van der Waals surface area contributed by atoms with Crippen LogP contribution in [-0.2, 0) is 32.1 Å². The Balaban J connectivity index is 1.61. The van der Waals surface area contributed by atoms with E-state index in [-0.39, 0.29) is 25.7 Å². The van der Waals surface area contributed by atoms with Crippen LogP contribution in [0.5, 0.6) is 11.5 Å². The van der Waals surface area contributed by atoms with Gasteiger partial charge < -0.3 is 29.7 Å². The zero-order chi connectivity index (χ0) is 35.6. The van der Waals surface area contributed by atoms with Crippen molar-refractivity contribution in [3.63, 3.8) is 0 Å². The molecule has 2 N–H and O–H groups in total. The smallest absolute Gasteiger partial charge is 0.408 e. The summed E-state index contributed by atoms with van der Waals surface area (Å²) in [4.78, 5) is 45.3. The number of ether oxygens (including phenoxy) is 3. The first-order valence-corrected chi connectivity index (χ1v) is 17.1. The number of hydrogen-bond acceptors (Lipinski definition) is 7. The molecule has 49 heavy (non-hydrogen) atoms. The molecule has 0 saturated heterocycles. The maximum Gasteiger partial charge on any atom is 0.408 e. The molecule has 2 atom stereocenters. The highest BCUT2D eigenvalue weighted by Gasteiger charge is 2.39. The van der Waals surface area contributed by atoms with Crippen molar-refractivity contribution in [3.8, 4) is 11.5 Å². The third kappa shape index (κ3) is 11.1. The molecule has 1 unspecified atom stereocenters. The minimum Gasteiger partial charge on any atom is -0.457 e. The van der Waals surface area contributed by atoms with E-state index in [1.807, 2.05) is 78.9 Å². The number of hydrogen-bond donors (Lipinski definition) is 2. The molecule has 0 aromatic heterocycles. The Kier molecular flexibility index (Phi) is 13.2. The molecule has 0 saturated carbocycles. The number of carbonyl (C=O) groups excluding carboxylic acids is 3. The van der Waals surface area contributed by atoms with Crippen molar-refractivity contribution in [2.75, 3.05) is 26.2 Å². The van der Waals surface area contributed by atoms with Gasteiger partial charge in [0.15, 0.2) is 0 Å². The van der Waals surface area contributed by atoms with E-state index in [0.717, 1.165) is 11.1 Å². The average Bonchev–Trinajstić information content (AvgIpc) is 3.05. The maximum absolute atomic E-state index is 14.4. The van der Waals surface area contributed by atoms with Gasteiger partial charge in [0, 0.05) is 31.7 Å². The average molecular weight is 673 g/mol. The Hall–Kier alpha value is -4.41. The van der Waals surface area contributed by atoms with Gasteiger partial charge in [0.2, 0.25) is 11.8 Å². The highest BCUT2D eigenvalue weighted by Crippen LogP contribution is 2.34. The molecule has 264 valence electrons. The van der Waals surface area contributed by atoms with Crippen molar-refractivity contribution in [1.29, 1.82) is 0 Å². The lowest BCUT2D eigenvalue weighted by Gasteiger charge is -2.38. The third-order valence-electron chi connectivity index (χ3n) is 8.23. The predicted molar refractivity (Wildman–Crippen MR) is 190 cm³/mol. The van der Waals surface area contributed by atoms with Gasteiger partial charge in [0.05, 0.1) is 13.2 Å². The first-order chi connectivity index (χ1) is 23.3. The SMILES string of the molecule is CC(C)N(CCNC(=O)C1c2ccc(Oc3ccccc3)cc2CCN1C(=O)[C@@H](COCc1ccccc1)NC(=O)OC(C)(C)C)C(C)C. The van der Waals surface area contributed by atoms with Gasteiger partial charge in [0.1, 0.15) is 29.2 Å². The molecule has 0 aliphatic carbocycles. The molecule has 3 aromatic rings. The van der Waals surface area contributed by atoms with Crippen LogP contribution >= 0.6 is 0 Å². The summed E-state index contributed by atoms with van der Waals surface area (Å²) >= 11 is 0. The first kappa shape index (κ1) is 37.4. The van der Waals surface area contributed by atoms with Crippen molar-refractivity contribution in [2.45, 2.75) is 91.3 Å². The van der Waals surface area contributed by atoms with Crippen LogP contribution in [-0.4, -0.2) is 77.7 Å². The summed E-state index contributed by atoms with van der Waals surface area (Å²) in [5.41, 5.74) is 1.79. The normalized spacial score (nSPS) is 15.1. The Bertz CT molecular complexity index is 1520. The zero-order valence-corrected chi connectivity index (χ0v) is 29.9. The standard InChI is InChI=1S/C39H52N4O6/c1-27(2)42(28(3)4)23-21-40-36(44)35-33-19-18-32(48-31-16-12-9-13-17-31)24-30(33)20-22-43(35)37(45)34(41-38(46)49-39(5,6)7)26-47-25-29-14-10-8-11-15-29/h8-19,24,27-28,34-35H,20-23,25-26H2,1-7H3,(H,40,44)(H,41,46)/t34-,35?/m1/s1. The summed E-state index contributed by atoms with van der Waals surface area (Å²) in [5, 5.41) is 5.82. The van der Waals surface area contributed by atoms with Crippen LogP contribution in [0.1, 0.15) is 71.2 Å². The Labute approximate surface area is 291 Å². The van der Waals surface area contributed by atoms with E-state index in [2.05, 4.69) is 43.2 Å². The minimum absolute atomic E-state index is 0.105. The van der Waals surface area contributed by atoms with Gasteiger partial charge >= 0.3 is 6.09 Å². The van der Waals surface area contributed by atoms with Crippen LogP contribution < -0.4 is 15.4 Å².